The molecule has 0 unspecified atom stereocenters. The van der Waals surface area contributed by atoms with Crippen molar-refractivity contribution in [3.63, 3.8) is 0 Å². The maximum Gasteiger partial charge on any atom is 0.127 e. The molecule has 8 heteroatoms. The summed E-state index contributed by atoms with van der Waals surface area (Å²) in [6.07, 6.45) is 3.20. The summed E-state index contributed by atoms with van der Waals surface area (Å²) in [4.78, 5) is 0. The summed E-state index contributed by atoms with van der Waals surface area (Å²) in [6.45, 7) is 2.83. The lowest BCUT2D eigenvalue weighted by Gasteiger charge is -2.19. The van der Waals surface area contributed by atoms with Crippen molar-refractivity contribution >= 4 is 12.7 Å². The van der Waals surface area contributed by atoms with Crippen LogP contribution in [0.3, 0.4) is 0 Å². The molecular weight excluding hydrogens is 184 g/mol. The van der Waals surface area contributed by atoms with Crippen LogP contribution in [0.15, 0.2) is 10.2 Å². The molecule has 0 radical (unpaired) electrons. The third-order valence-corrected chi connectivity index (χ3v) is 2.00. The number of hydrogen-bond donors (Lipinski definition) is 2. The highest BCUT2D eigenvalue weighted by Crippen LogP contribution is 2.01. The van der Waals surface area contributed by atoms with E-state index in [1.807, 2.05) is 10.0 Å². The Kier molecular flexibility index (Phi) is 2.37. The van der Waals surface area contributed by atoms with Gasteiger partial charge in [0.25, 0.3) is 0 Å². The minimum atomic E-state index is 0.629. The number of hydrazone groups is 2. The predicted molar refractivity (Wildman–Crippen MR) is 52.2 cm³/mol. The van der Waals surface area contributed by atoms with Crippen LogP contribution in [0.4, 0.5) is 0 Å². The first-order valence-electron chi connectivity index (χ1n) is 4.35. The van der Waals surface area contributed by atoms with E-state index in [2.05, 4.69) is 10.2 Å². The van der Waals surface area contributed by atoms with Gasteiger partial charge >= 0.3 is 0 Å². The van der Waals surface area contributed by atoms with Crippen molar-refractivity contribution in [1.29, 1.82) is 0 Å². The van der Waals surface area contributed by atoms with Gasteiger partial charge in [0.05, 0.1) is 13.1 Å². The zero-order valence-electron chi connectivity index (χ0n) is 7.82. The van der Waals surface area contributed by atoms with E-state index < -0.39 is 0 Å². The van der Waals surface area contributed by atoms with Gasteiger partial charge in [0.15, 0.2) is 0 Å². The van der Waals surface area contributed by atoms with E-state index in [0.717, 1.165) is 13.1 Å². The Morgan fingerprint density at radius 1 is 0.929 bits per heavy atom. The van der Waals surface area contributed by atoms with Gasteiger partial charge < -0.3 is 0 Å². The van der Waals surface area contributed by atoms with E-state index in [9.17, 15) is 0 Å². The summed E-state index contributed by atoms with van der Waals surface area (Å²) in [7, 11) is 0. The molecule has 2 aliphatic heterocycles. The van der Waals surface area contributed by atoms with Crippen molar-refractivity contribution in [1.82, 2.24) is 20.0 Å². The summed E-state index contributed by atoms with van der Waals surface area (Å²) in [5.41, 5.74) is 0. The van der Waals surface area contributed by atoms with Gasteiger partial charge in [0, 0.05) is 0 Å². The molecular formula is C6H14N8. The summed E-state index contributed by atoms with van der Waals surface area (Å²) >= 11 is 0. The largest absolute Gasteiger partial charge is 0.278 e. The lowest BCUT2D eigenvalue weighted by molar-refractivity contribution is 0.176. The van der Waals surface area contributed by atoms with E-state index in [1.165, 1.54) is 10.0 Å². The molecule has 4 N–H and O–H groups in total. The van der Waals surface area contributed by atoms with Gasteiger partial charge in [-0.1, -0.05) is 0 Å². The number of nitrogens with two attached hydrogens (primary N) is 2. The van der Waals surface area contributed by atoms with Gasteiger partial charge in [0.1, 0.15) is 26.0 Å². The van der Waals surface area contributed by atoms with Crippen LogP contribution in [-0.2, 0) is 0 Å². The summed E-state index contributed by atoms with van der Waals surface area (Å²) in [5, 5.41) is 15.0. The van der Waals surface area contributed by atoms with Crippen molar-refractivity contribution in [2.75, 3.05) is 26.4 Å². The van der Waals surface area contributed by atoms with Crippen molar-refractivity contribution in [2.45, 2.75) is 0 Å². The fourth-order valence-electron chi connectivity index (χ4n) is 1.29. The van der Waals surface area contributed by atoms with Gasteiger partial charge in [-0.05, 0) is 0 Å². The van der Waals surface area contributed by atoms with Crippen molar-refractivity contribution in [2.24, 2.45) is 21.9 Å². The van der Waals surface area contributed by atoms with E-state index in [1.54, 1.807) is 12.7 Å². The minimum absolute atomic E-state index is 0.629. The molecule has 78 valence electrons. The molecule has 0 atom stereocenters. The third kappa shape index (κ3) is 2.03. The van der Waals surface area contributed by atoms with Gasteiger partial charge in [-0.15, -0.1) is 0 Å². The average molecular weight is 198 g/mol. The van der Waals surface area contributed by atoms with Gasteiger partial charge in [-0.2, -0.15) is 10.2 Å². The van der Waals surface area contributed by atoms with Gasteiger partial charge in [0.2, 0.25) is 0 Å². The molecule has 0 bridgehead atoms. The molecule has 0 saturated carbocycles. The lowest BCUT2D eigenvalue weighted by atomic mass is 10.6. The van der Waals surface area contributed by atoms with Crippen LogP contribution >= 0.6 is 0 Å². The van der Waals surface area contributed by atoms with Crippen LogP contribution < -0.4 is 11.7 Å². The molecule has 0 aromatic carbocycles. The molecule has 8 nitrogen and oxygen atoms in total. The zero-order chi connectivity index (χ0) is 9.97. The SMILES string of the molecule is NN1C=NN(CCN2CN(N)C=N2)C1. The molecule has 0 spiro atoms. The van der Waals surface area contributed by atoms with E-state index in [-0.39, 0.29) is 0 Å². The molecule has 2 heterocycles. The molecule has 0 aromatic rings. The summed E-state index contributed by atoms with van der Waals surface area (Å²) in [6, 6.07) is 0. The number of nitrogens with zero attached hydrogens (tertiary/aromatic N) is 6. The molecule has 0 amide bonds. The Labute approximate surface area is 81.9 Å². The first kappa shape index (κ1) is 9.03. The second kappa shape index (κ2) is 3.68. The highest BCUT2D eigenvalue weighted by atomic mass is 15.7. The van der Waals surface area contributed by atoms with E-state index >= 15 is 0 Å². The first-order chi connectivity index (χ1) is 6.74. The molecule has 14 heavy (non-hydrogen) atoms. The Hall–Kier alpha value is -1.54. The van der Waals surface area contributed by atoms with Crippen LogP contribution in [0.5, 0.6) is 0 Å². The van der Waals surface area contributed by atoms with Gasteiger partial charge in [-0.25, -0.2) is 11.7 Å². The second-order valence-electron chi connectivity index (χ2n) is 3.23. The summed E-state index contributed by atoms with van der Waals surface area (Å²) < 4.78 is 0. The maximum atomic E-state index is 5.50. The predicted octanol–water partition coefficient (Wildman–Crippen LogP) is -2.23. The van der Waals surface area contributed by atoms with Crippen LogP contribution in [-0.4, -0.2) is 59.1 Å². The number of rotatable bonds is 3. The standard InChI is InChI=1S/C6H14N8/c7-11-3-9-13(5-11)1-2-14-6-12(8)4-10-14/h3-4H,1-2,5-8H2. The van der Waals surface area contributed by atoms with E-state index in [4.69, 9.17) is 11.7 Å². The number of hydrogen-bond acceptors (Lipinski definition) is 8. The zero-order valence-corrected chi connectivity index (χ0v) is 7.82. The van der Waals surface area contributed by atoms with Crippen molar-refractivity contribution in [3.8, 4) is 0 Å². The molecule has 0 fully saturated rings. The molecule has 2 rings (SSSR count). The Morgan fingerprint density at radius 3 is 1.64 bits per heavy atom. The van der Waals surface area contributed by atoms with Crippen molar-refractivity contribution < 1.29 is 0 Å². The fourth-order valence-corrected chi connectivity index (χ4v) is 1.29. The van der Waals surface area contributed by atoms with Crippen LogP contribution in [0, 0.1) is 0 Å². The normalized spacial score (nSPS) is 20.4. The van der Waals surface area contributed by atoms with Crippen molar-refractivity contribution in [3.05, 3.63) is 0 Å². The molecule has 0 aromatic heterocycles. The smallest absolute Gasteiger partial charge is 0.127 e. The monoisotopic (exact) mass is 198 g/mol. The Balaban J connectivity index is 1.68. The first-order valence-corrected chi connectivity index (χ1v) is 4.35. The fraction of sp³-hybridized carbons (Fsp3) is 0.667. The number of hydrazine groups is 2. The second-order valence-corrected chi connectivity index (χ2v) is 3.23. The average Bonchev–Trinajstić information content (AvgIpc) is 2.72. The molecule has 2 aliphatic rings. The third-order valence-electron chi connectivity index (χ3n) is 2.00. The van der Waals surface area contributed by atoms with Gasteiger partial charge in [-0.3, -0.25) is 20.0 Å². The Morgan fingerprint density at radius 2 is 1.36 bits per heavy atom. The van der Waals surface area contributed by atoms with Crippen LogP contribution in [0.1, 0.15) is 0 Å². The quantitative estimate of drug-likeness (QED) is 0.499. The minimum Gasteiger partial charge on any atom is -0.278 e. The molecule has 0 aliphatic carbocycles. The Bertz CT molecular complexity index is 224. The highest BCUT2D eigenvalue weighted by Gasteiger charge is 2.14. The van der Waals surface area contributed by atoms with Crippen LogP contribution in [0.25, 0.3) is 0 Å². The summed E-state index contributed by atoms with van der Waals surface area (Å²) in [5.74, 6) is 11.0. The topological polar surface area (TPSA) is 89.7 Å². The van der Waals surface area contributed by atoms with E-state index in [0.29, 0.717) is 13.3 Å². The molecule has 0 saturated heterocycles. The lowest BCUT2D eigenvalue weighted by Crippen LogP contribution is -2.37. The maximum absolute atomic E-state index is 5.50. The van der Waals surface area contributed by atoms with Crippen LogP contribution in [0.2, 0.25) is 0 Å². The highest BCUT2D eigenvalue weighted by molar-refractivity contribution is 5.55.